The molecule has 2 aromatic carbocycles. The Balaban J connectivity index is 1.49. The van der Waals surface area contributed by atoms with Gasteiger partial charge in [-0.25, -0.2) is 9.78 Å². The van der Waals surface area contributed by atoms with Crippen molar-refractivity contribution in [2.45, 2.75) is 70.1 Å². The minimum atomic E-state index is -0.310. The van der Waals surface area contributed by atoms with E-state index >= 15 is 0 Å². The number of rotatable bonds is 9. The van der Waals surface area contributed by atoms with Gasteiger partial charge in [0.25, 0.3) is 0 Å². The monoisotopic (exact) mass is 519 g/mol. The highest BCUT2D eigenvalue weighted by Gasteiger charge is 2.33. The first-order valence-electron chi connectivity index (χ1n) is 14.1. The van der Waals surface area contributed by atoms with Gasteiger partial charge in [-0.1, -0.05) is 30.3 Å². The van der Waals surface area contributed by atoms with Crippen LogP contribution in [0.25, 0.3) is 11.0 Å². The molecule has 2 heterocycles. The van der Waals surface area contributed by atoms with Crippen molar-refractivity contribution in [1.82, 2.24) is 14.9 Å². The SMILES string of the molecule is COC(=O)N1c2ccc3c(nc(Cc4ccccc4)n3[C@@H]3CCC[C@H](OCCNCCN)C3)c2CC[C@@H]1C. The van der Waals surface area contributed by atoms with E-state index in [2.05, 4.69) is 59.3 Å². The van der Waals surface area contributed by atoms with Crippen molar-refractivity contribution < 1.29 is 14.3 Å². The second-order valence-electron chi connectivity index (χ2n) is 10.6. The van der Waals surface area contributed by atoms with Crippen LogP contribution < -0.4 is 16.0 Å². The van der Waals surface area contributed by atoms with Gasteiger partial charge in [0, 0.05) is 43.7 Å². The molecule has 1 aromatic heterocycles. The Morgan fingerprint density at radius 3 is 2.76 bits per heavy atom. The number of methoxy groups -OCH3 is 1. The van der Waals surface area contributed by atoms with Crippen molar-refractivity contribution in [2.24, 2.45) is 5.73 Å². The lowest BCUT2D eigenvalue weighted by Crippen LogP contribution is -2.42. The van der Waals surface area contributed by atoms with Crippen molar-refractivity contribution in [2.75, 3.05) is 38.3 Å². The zero-order chi connectivity index (χ0) is 26.5. The molecule has 1 aliphatic heterocycles. The summed E-state index contributed by atoms with van der Waals surface area (Å²) >= 11 is 0. The predicted octanol–water partition coefficient (Wildman–Crippen LogP) is 4.58. The van der Waals surface area contributed by atoms with Gasteiger partial charge in [0.1, 0.15) is 5.82 Å². The molecular weight excluding hydrogens is 478 g/mol. The highest BCUT2D eigenvalue weighted by molar-refractivity contribution is 5.95. The number of benzene rings is 2. The van der Waals surface area contributed by atoms with Crippen LogP contribution in [0.4, 0.5) is 10.5 Å². The summed E-state index contributed by atoms with van der Waals surface area (Å²) in [6, 6.07) is 15.2. The molecule has 1 amide bonds. The van der Waals surface area contributed by atoms with E-state index in [0.29, 0.717) is 19.2 Å². The number of hydrogen-bond acceptors (Lipinski definition) is 6. The first kappa shape index (κ1) is 26.7. The number of nitrogens with zero attached hydrogens (tertiary/aromatic N) is 3. The van der Waals surface area contributed by atoms with Gasteiger partial charge in [-0.15, -0.1) is 0 Å². The number of amides is 1. The van der Waals surface area contributed by atoms with E-state index < -0.39 is 0 Å². The summed E-state index contributed by atoms with van der Waals surface area (Å²) in [7, 11) is 1.45. The van der Waals surface area contributed by atoms with Crippen LogP contribution in [0.2, 0.25) is 0 Å². The van der Waals surface area contributed by atoms with Crippen LogP contribution in [-0.4, -0.2) is 61.1 Å². The van der Waals surface area contributed by atoms with Gasteiger partial charge in [-0.05, 0) is 63.1 Å². The lowest BCUT2D eigenvalue weighted by atomic mass is 9.91. The molecule has 0 radical (unpaired) electrons. The zero-order valence-electron chi connectivity index (χ0n) is 22.7. The average molecular weight is 520 g/mol. The maximum Gasteiger partial charge on any atom is 0.414 e. The minimum absolute atomic E-state index is 0.0915. The van der Waals surface area contributed by atoms with Crippen LogP contribution >= 0.6 is 0 Å². The number of carbonyl (C=O) groups excluding carboxylic acids is 1. The van der Waals surface area contributed by atoms with E-state index in [0.717, 1.165) is 86.1 Å². The number of aryl methyl sites for hydroxylation is 1. The molecular formula is C30H41N5O3. The first-order chi connectivity index (χ1) is 18.6. The van der Waals surface area contributed by atoms with Gasteiger partial charge in [0.2, 0.25) is 0 Å². The molecule has 8 nitrogen and oxygen atoms in total. The molecule has 3 N–H and O–H groups in total. The number of carbonyl (C=O) groups is 1. The molecule has 38 heavy (non-hydrogen) atoms. The number of aromatic nitrogens is 2. The minimum Gasteiger partial charge on any atom is -0.452 e. The normalized spacial score (nSPS) is 21.4. The van der Waals surface area contributed by atoms with E-state index in [4.69, 9.17) is 20.2 Å². The van der Waals surface area contributed by atoms with Crippen LogP contribution in [0.1, 0.15) is 62.0 Å². The molecule has 1 fully saturated rings. The Kier molecular flexibility index (Phi) is 8.61. The lowest BCUT2D eigenvalue weighted by molar-refractivity contribution is 0.0171. The molecule has 1 saturated carbocycles. The van der Waals surface area contributed by atoms with Gasteiger partial charge < -0.3 is 25.1 Å². The quantitative estimate of drug-likeness (QED) is 0.402. The number of imidazole rings is 1. The Bertz CT molecular complexity index is 1230. The molecule has 204 valence electrons. The molecule has 0 spiro atoms. The Labute approximate surface area is 225 Å². The van der Waals surface area contributed by atoms with E-state index in [-0.39, 0.29) is 18.2 Å². The fourth-order valence-corrected chi connectivity index (χ4v) is 6.16. The van der Waals surface area contributed by atoms with Crippen LogP contribution in [0.3, 0.4) is 0 Å². The maximum absolute atomic E-state index is 12.7. The number of hydrogen-bond donors (Lipinski definition) is 2. The summed E-state index contributed by atoms with van der Waals surface area (Å²) in [4.78, 5) is 19.7. The fourth-order valence-electron chi connectivity index (χ4n) is 6.16. The van der Waals surface area contributed by atoms with E-state index in [1.54, 1.807) is 4.90 Å². The molecule has 1 aliphatic carbocycles. The van der Waals surface area contributed by atoms with E-state index in [1.807, 2.05) is 0 Å². The topological polar surface area (TPSA) is 94.6 Å². The smallest absolute Gasteiger partial charge is 0.414 e. The summed E-state index contributed by atoms with van der Waals surface area (Å²) in [5.41, 5.74) is 11.1. The van der Waals surface area contributed by atoms with Crippen molar-refractivity contribution in [3.05, 3.63) is 59.4 Å². The van der Waals surface area contributed by atoms with Crippen molar-refractivity contribution in [3.8, 4) is 0 Å². The third-order valence-electron chi connectivity index (χ3n) is 8.02. The second-order valence-corrected chi connectivity index (χ2v) is 10.6. The van der Waals surface area contributed by atoms with Gasteiger partial charge in [-0.3, -0.25) is 4.90 Å². The Hall–Kier alpha value is -2.94. The summed E-state index contributed by atoms with van der Waals surface area (Å²) < 4.78 is 13.9. The highest BCUT2D eigenvalue weighted by Crippen LogP contribution is 2.40. The zero-order valence-corrected chi connectivity index (χ0v) is 22.7. The lowest BCUT2D eigenvalue weighted by Gasteiger charge is -2.34. The van der Waals surface area contributed by atoms with Crippen LogP contribution in [0.5, 0.6) is 0 Å². The number of ether oxygens (including phenoxy) is 2. The molecule has 0 unspecified atom stereocenters. The number of anilines is 1. The van der Waals surface area contributed by atoms with Crippen molar-refractivity contribution in [3.63, 3.8) is 0 Å². The third-order valence-corrected chi connectivity index (χ3v) is 8.02. The van der Waals surface area contributed by atoms with Crippen LogP contribution in [0.15, 0.2) is 42.5 Å². The first-order valence-corrected chi connectivity index (χ1v) is 14.1. The second kappa shape index (κ2) is 12.3. The molecule has 0 saturated heterocycles. The summed E-state index contributed by atoms with van der Waals surface area (Å²) in [6.45, 7) is 5.07. The van der Waals surface area contributed by atoms with Crippen molar-refractivity contribution >= 4 is 22.8 Å². The summed E-state index contributed by atoms with van der Waals surface area (Å²) in [5.74, 6) is 1.08. The molecule has 3 aromatic rings. The molecule has 8 heteroatoms. The number of nitrogens with two attached hydrogens (primary N) is 1. The standard InChI is InChI=1S/C30H41N5O3/c1-21-11-12-25-26(34(21)30(36)37-2)13-14-27-29(25)33-28(19-22-7-4-3-5-8-22)35(27)23-9-6-10-24(20-23)38-18-17-32-16-15-31/h3-5,7-8,13-14,21,23-24,32H,6,9-12,15-20,31H2,1-2H3/t21-,23+,24-/m0/s1. The molecule has 2 aliphatic rings. The Morgan fingerprint density at radius 2 is 1.97 bits per heavy atom. The molecule has 0 bridgehead atoms. The van der Waals surface area contributed by atoms with Gasteiger partial charge in [0.05, 0.1) is 36.5 Å². The molecule has 3 atom stereocenters. The Morgan fingerprint density at radius 1 is 1.13 bits per heavy atom. The van der Waals surface area contributed by atoms with Gasteiger partial charge >= 0.3 is 6.09 Å². The van der Waals surface area contributed by atoms with Gasteiger partial charge in [-0.2, -0.15) is 0 Å². The maximum atomic E-state index is 12.7. The molecule has 5 rings (SSSR count). The average Bonchev–Trinajstić information content (AvgIpc) is 3.31. The third kappa shape index (κ3) is 5.58. The summed E-state index contributed by atoms with van der Waals surface area (Å²) in [5, 5.41) is 3.32. The van der Waals surface area contributed by atoms with E-state index in [9.17, 15) is 4.79 Å². The fraction of sp³-hybridized carbons (Fsp3) is 0.533. The van der Waals surface area contributed by atoms with Crippen LogP contribution in [-0.2, 0) is 22.3 Å². The number of fused-ring (bicyclic) bond motifs is 3. The van der Waals surface area contributed by atoms with E-state index in [1.165, 1.54) is 12.7 Å². The predicted molar refractivity (Wildman–Crippen MR) is 151 cm³/mol. The highest BCUT2D eigenvalue weighted by atomic mass is 16.5. The van der Waals surface area contributed by atoms with Crippen LogP contribution in [0, 0.1) is 0 Å². The van der Waals surface area contributed by atoms with Crippen molar-refractivity contribution in [1.29, 1.82) is 0 Å². The summed E-state index contributed by atoms with van der Waals surface area (Å²) in [6.07, 6.45) is 6.80. The number of nitrogens with one attached hydrogen (secondary N) is 1. The van der Waals surface area contributed by atoms with Gasteiger partial charge in [0.15, 0.2) is 0 Å². The largest absolute Gasteiger partial charge is 0.452 e.